The summed E-state index contributed by atoms with van der Waals surface area (Å²) in [5.74, 6) is 0.638. The Bertz CT molecular complexity index is 956. The van der Waals surface area contributed by atoms with E-state index in [1.165, 1.54) is 17.6 Å². The van der Waals surface area contributed by atoms with Gasteiger partial charge in [0.1, 0.15) is 6.26 Å². The molecule has 3 aromatic rings. The van der Waals surface area contributed by atoms with E-state index in [2.05, 4.69) is 4.98 Å². The predicted molar refractivity (Wildman–Crippen MR) is 110 cm³/mol. The third kappa shape index (κ3) is 3.92. The van der Waals surface area contributed by atoms with E-state index in [0.29, 0.717) is 36.5 Å². The Morgan fingerprint density at radius 2 is 2.00 bits per heavy atom. The first-order valence-electron chi connectivity index (χ1n) is 10.1. The molecule has 0 N–H and O–H groups in total. The average molecular weight is 413 g/mol. The Balaban J connectivity index is 1.43. The lowest BCUT2D eigenvalue weighted by molar-refractivity contribution is 0.0794. The maximum absolute atomic E-state index is 13.4. The molecule has 152 valence electrons. The number of nitrogens with zero attached hydrogens (tertiary/aromatic N) is 3. The molecule has 4 heterocycles. The summed E-state index contributed by atoms with van der Waals surface area (Å²) < 4.78 is 17.9. The molecule has 0 bridgehead atoms. The van der Waals surface area contributed by atoms with Gasteiger partial charge in [0.05, 0.1) is 22.9 Å². The first-order valence-corrected chi connectivity index (χ1v) is 10.9. The van der Waals surface area contributed by atoms with E-state index in [9.17, 15) is 4.79 Å². The number of amides is 1. The van der Waals surface area contributed by atoms with E-state index in [1.54, 1.807) is 4.90 Å². The number of oxazole rings is 1. The Kier molecular flexibility index (Phi) is 5.30. The second kappa shape index (κ2) is 8.22. The summed E-state index contributed by atoms with van der Waals surface area (Å²) in [6.45, 7) is 2.61. The summed E-state index contributed by atoms with van der Waals surface area (Å²) in [4.78, 5) is 24.3. The normalized spacial score (nSPS) is 20.3. The van der Waals surface area contributed by atoms with Crippen LogP contribution in [-0.2, 0) is 9.47 Å². The Morgan fingerprint density at radius 1 is 1.14 bits per heavy atom. The highest BCUT2D eigenvalue weighted by Crippen LogP contribution is 2.31. The topological polar surface area (TPSA) is 77.7 Å². The molecule has 0 radical (unpaired) electrons. The van der Waals surface area contributed by atoms with Crippen molar-refractivity contribution in [1.29, 1.82) is 0 Å². The quantitative estimate of drug-likeness (QED) is 0.629. The molecular formula is C21H23N3O4S. The fourth-order valence-electron chi connectivity index (χ4n) is 3.87. The number of fused-ring (bicyclic) bond motifs is 1. The third-order valence-electron chi connectivity index (χ3n) is 5.48. The number of aromatic nitrogens is 2. The maximum Gasteiger partial charge on any atom is 0.282 e. The number of rotatable bonds is 5. The second-order valence-electron chi connectivity index (χ2n) is 7.47. The van der Waals surface area contributed by atoms with E-state index >= 15 is 0 Å². The lowest BCUT2D eigenvalue weighted by Crippen LogP contribution is -2.37. The monoisotopic (exact) mass is 413 g/mol. The van der Waals surface area contributed by atoms with Gasteiger partial charge in [-0.1, -0.05) is 23.5 Å². The zero-order valence-electron chi connectivity index (χ0n) is 16.1. The molecule has 1 atom stereocenters. The maximum atomic E-state index is 13.4. The minimum absolute atomic E-state index is 0.0211. The van der Waals surface area contributed by atoms with Crippen LogP contribution in [0.2, 0.25) is 0 Å². The van der Waals surface area contributed by atoms with Crippen LogP contribution in [0.25, 0.3) is 10.2 Å². The van der Waals surface area contributed by atoms with E-state index in [-0.39, 0.29) is 17.9 Å². The Hall–Kier alpha value is -2.29. The van der Waals surface area contributed by atoms with Crippen LogP contribution in [0.15, 0.2) is 34.9 Å². The van der Waals surface area contributed by atoms with Crippen LogP contribution in [0, 0.1) is 0 Å². The first kappa shape index (κ1) is 18.7. The largest absolute Gasteiger partial charge is 0.448 e. The van der Waals surface area contributed by atoms with Crippen LogP contribution in [0.4, 0.5) is 5.13 Å². The molecule has 0 spiro atoms. The summed E-state index contributed by atoms with van der Waals surface area (Å²) in [6.07, 6.45) is 5.19. The van der Waals surface area contributed by atoms with Gasteiger partial charge in [-0.3, -0.25) is 9.69 Å². The molecular weight excluding hydrogens is 390 g/mol. The fraction of sp³-hybridized carbons (Fsp3) is 0.476. The lowest BCUT2D eigenvalue weighted by atomic mass is 10.0. The van der Waals surface area contributed by atoms with Crippen LogP contribution in [0.5, 0.6) is 0 Å². The number of thiazole rings is 1. The zero-order chi connectivity index (χ0) is 19.6. The summed E-state index contributed by atoms with van der Waals surface area (Å²) in [7, 11) is 0. The van der Waals surface area contributed by atoms with Crippen molar-refractivity contribution in [2.24, 2.45) is 0 Å². The highest BCUT2D eigenvalue weighted by Gasteiger charge is 2.30. The van der Waals surface area contributed by atoms with Gasteiger partial charge >= 0.3 is 0 Å². The molecule has 0 saturated carbocycles. The van der Waals surface area contributed by atoms with Crippen LogP contribution in [0.1, 0.15) is 48.0 Å². The molecule has 2 aliphatic heterocycles. The van der Waals surface area contributed by atoms with Gasteiger partial charge in [-0.2, -0.15) is 0 Å². The van der Waals surface area contributed by atoms with Crippen molar-refractivity contribution in [2.75, 3.05) is 31.3 Å². The van der Waals surface area contributed by atoms with Gasteiger partial charge in [-0.15, -0.1) is 0 Å². The average Bonchev–Trinajstić information content (AvgIpc) is 3.52. The summed E-state index contributed by atoms with van der Waals surface area (Å²) in [5.41, 5.74) is 1.21. The molecule has 2 fully saturated rings. The molecule has 2 aliphatic rings. The zero-order valence-corrected chi connectivity index (χ0v) is 16.9. The molecule has 2 saturated heterocycles. The number of hydrogen-bond acceptors (Lipinski definition) is 7. The standard InChI is InChI=1S/C21H23N3O4S/c25-20(17-13-28-19(22-17)14-7-10-26-11-8-14)24(12-15-4-3-9-27-15)21-23-16-5-1-2-6-18(16)29-21/h1-2,5-6,13-15H,3-4,7-12H2/t15-/m0/s1. The summed E-state index contributed by atoms with van der Waals surface area (Å²) >= 11 is 1.51. The number of hydrogen-bond donors (Lipinski definition) is 0. The van der Waals surface area contributed by atoms with E-state index < -0.39 is 0 Å². The van der Waals surface area contributed by atoms with Gasteiger partial charge < -0.3 is 13.9 Å². The molecule has 1 aromatic carbocycles. The summed E-state index contributed by atoms with van der Waals surface area (Å²) in [6, 6.07) is 7.91. The second-order valence-corrected chi connectivity index (χ2v) is 8.48. The van der Waals surface area contributed by atoms with Crippen molar-refractivity contribution >= 4 is 32.6 Å². The van der Waals surface area contributed by atoms with E-state index in [0.717, 1.165) is 42.5 Å². The Morgan fingerprint density at radius 3 is 2.79 bits per heavy atom. The van der Waals surface area contributed by atoms with Crippen molar-refractivity contribution in [3.8, 4) is 0 Å². The van der Waals surface area contributed by atoms with Crippen molar-refractivity contribution in [1.82, 2.24) is 9.97 Å². The van der Waals surface area contributed by atoms with Crippen molar-refractivity contribution in [3.63, 3.8) is 0 Å². The predicted octanol–water partition coefficient (Wildman–Crippen LogP) is 4.00. The molecule has 2 aromatic heterocycles. The smallest absolute Gasteiger partial charge is 0.282 e. The minimum Gasteiger partial charge on any atom is -0.448 e. The minimum atomic E-state index is -0.193. The number of para-hydroxylation sites is 1. The number of carbonyl (C=O) groups excluding carboxylic acids is 1. The van der Waals surface area contributed by atoms with E-state index in [1.807, 2.05) is 24.3 Å². The molecule has 5 rings (SSSR count). The van der Waals surface area contributed by atoms with Crippen LogP contribution in [-0.4, -0.2) is 48.3 Å². The molecule has 29 heavy (non-hydrogen) atoms. The highest BCUT2D eigenvalue weighted by atomic mass is 32.1. The Labute approximate surface area is 172 Å². The number of ether oxygens (including phenoxy) is 2. The van der Waals surface area contributed by atoms with Crippen molar-refractivity contribution < 1.29 is 18.7 Å². The van der Waals surface area contributed by atoms with Gasteiger partial charge in [-0.25, -0.2) is 9.97 Å². The lowest BCUT2D eigenvalue weighted by Gasteiger charge is -2.22. The van der Waals surface area contributed by atoms with Crippen molar-refractivity contribution in [2.45, 2.75) is 37.7 Å². The van der Waals surface area contributed by atoms with Crippen LogP contribution in [0.3, 0.4) is 0 Å². The SMILES string of the molecule is O=C(c1coc(C2CCOCC2)n1)N(C[C@@H]1CCCO1)c1nc2ccccc2s1. The molecule has 8 heteroatoms. The fourth-order valence-corrected chi connectivity index (χ4v) is 4.84. The van der Waals surface area contributed by atoms with Gasteiger partial charge in [0.2, 0.25) is 0 Å². The van der Waals surface area contributed by atoms with Gasteiger partial charge in [0.15, 0.2) is 16.7 Å². The van der Waals surface area contributed by atoms with Crippen LogP contribution < -0.4 is 4.90 Å². The van der Waals surface area contributed by atoms with Crippen LogP contribution >= 0.6 is 11.3 Å². The molecule has 1 amide bonds. The third-order valence-corrected chi connectivity index (χ3v) is 6.54. The molecule has 7 nitrogen and oxygen atoms in total. The van der Waals surface area contributed by atoms with E-state index in [4.69, 9.17) is 18.9 Å². The first-order chi connectivity index (χ1) is 14.3. The molecule has 0 unspecified atom stereocenters. The summed E-state index contributed by atoms with van der Waals surface area (Å²) in [5, 5.41) is 0.669. The van der Waals surface area contributed by atoms with Gasteiger partial charge in [0, 0.05) is 25.7 Å². The molecule has 0 aliphatic carbocycles. The highest BCUT2D eigenvalue weighted by molar-refractivity contribution is 7.22. The van der Waals surface area contributed by atoms with Crippen molar-refractivity contribution in [3.05, 3.63) is 42.1 Å². The van der Waals surface area contributed by atoms with Gasteiger partial charge in [0.25, 0.3) is 5.91 Å². The number of carbonyl (C=O) groups is 1. The number of anilines is 1. The number of benzene rings is 1. The van der Waals surface area contributed by atoms with Gasteiger partial charge in [-0.05, 0) is 37.8 Å².